The van der Waals surface area contributed by atoms with E-state index in [2.05, 4.69) is 10.1 Å². The number of benzene rings is 2. The van der Waals surface area contributed by atoms with Gasteiger partial charge in [-0.2, -0.15) is 0 Å². The van der Waals surface area contributed by atoms with Gasteiger partial charge in [0.15, 0.2) is 0 Å². The largest absolute Gasteiger partial charge is 0.465 e. The molecule has 2 rings (SSSR count). The highest BCUT2D eigenvalue weighted by Gasteiger charge is 2.15. The van der Waals surface area contributed by atoms with Crippen molar-refractivity contribution in [2.45, 2.75) is 19.8 Å². The van der Waals surface area contributed by atoms with Gasteiger partial charge < -0.3 is 15.0 Å². The van der Waals surface area contributed by atoms with Crippen molar-refractivity contribution in [2.75, 3.05) is 25.1 Å². The van der Waals surface area contributed by atoms with Crippen LogP contribution in [-0.2, 0) is 20.7 Å². The zero-order valence-corrected chi connectivity index (χ0v) is 15.9. The molecule has 2 aromatic rings. The van der Waals surface area contributed by atoms with E-state index in [4.69, 9.17) is 0 Å². The lowest BCUT2D eigenvalue weighted by molar-refractivity contribution is -0.121. The van der Waals surface area contributed by atoms with Gasteiger partial charge in [0.2, 0.25) is 11.8 Å². The first-order valence-electron chi connectivity index (χ1n) is 8.89. The molecule has 0 unspecified atom stereocenters. The molecule has 0 aromatic heterocycles. The van der Waals surface area contributed by atoms with E-state index < -0.39 is 5.97 Å². The highest BCUT2D eigenvalue weighted by atomic mass is 19.1. The molecular formula is C21H23FN2O4. The summed E-state index contributed by atoms with van der Waals surface area (Å²) < 4.78 is 18.3. The molecule has 0 saturated carbocycles. The molecule has 148 valence electrons. The molecule has 0 fully saturated rings. The second kappa shape index (κ2) is 10.2. The molecule has 7 heteroatoms. The van der Waals surface area contributed by atoms with Crippen molar-refractivity contribution in [1.29, 1.82) is 0 Å². The number of carbonyl (C=O) groups is 3. The normalized spacial score (nSPS) is 10.2. The third kappa shape index (κ3) is 5.90. The fourth-order valence-corrected chi connectivity index (χ4v) is 2.73. The molecular weight excluding hydrogens is 363 g/mol. The SMILES string of the molecule is COC(=O)c1cccc(N(CCC(=O)NCCc2ccccc2F)C(C)=O)c1. The fourth-order valence-electron chi connectivity index (χ4n) is 2.73. The number of rotatable bonds is 8. The molecule has 0 saturated heterocycles. The molecule has 0 bridgehead atoms. The summed E-state index contributed by atoms with van der Waals surface area (Å²) in [4.78, 5) is 37.1. The summed E-state index contributed by atoms with van der Waals surface area (Å²) in [5, 5.41) is 2.73. The molecule has 0 spiro atoms. The average Bonchev–Trinajstić information content (AvgIpc) is 2.69. The van der Waals surface area contributed by atoms with Gasteiger partial charge in [-0.15, -0.1) is 0 Å². The summed E-state index contributed by atoms with van der Waals surface area (Å²) in [7, 11) is 1.28. The number of nitrogens with zero attached hydrogens (tertiary/aromatic N) is 1. The molecule has 0 aliphatic rings. The smallest absolute Gasteiger partial charge is 0.337 e. The van der Waals surface area contributed by atoms with Crippen LogP contribution < -0.4 is 10.2 Å². The minimum atomic E-state index is -0.503. The van der Waals surface area contributed by atoms with E-state index in [9.17, 15) is 18.8 Å². The standard InChI is InChI=1S/C21H23FN2O4/c1-15(25)24(18-8-5-7-17(14-18)21(27)28-2)13-11-20(26)23-12-10-16-6-3-4-9-19(16)22/h3-9,14H,10-13H2,1-2H3,(H,23,26). The molecule has 0 heterocycles. The first-order valence-corrected chi connectivity index (χ1v) is 8.89. The minimum absolute atomic E-state index is 0.0826. The maximum absolute atomic E-state index is 13.6. The lowest BCUT2D eigenvalue weighted by atomic mass is 10.1. The Labute approximate surface area is 163 Å². The van der Waals surface area contributed by atoms with Crippen LogP contribution in [0.3, 0.4) is 0 Å². The van der Waals surface area contributed by atoms with Crippen LogP contribution in [0.2, 0.25) is 0 Å². The van der Waals surface area contributed by atoms with Crippen molar-refractivity contribution in [3.63, 3.8) is 0 Å². The number of hydrogen-bond acceptors (Lipinski definition) is 4. The van der Waals surface area contributed by atoms with E-state index in [0.29, 0.717) is 29.8 Å². The van der Waals surface area contributed by atoms with E-state index in [-0.39, 0.29) is 30.6 Å². The van der Waals surface area contributed by atoms with Crippen LogP contribution >= 0.6 is 0 Å². The first kappa shape index (κ1) is 21.1. The van der Waals surface area contributed by atoms with Gasteiger partial charge in [0.05, 0.1) is 12.7 Å². The van der Waals surface area contributed by atoms with Gasteiger partial charge in [0.25, 0.3) is 0 Å². The highest BCUT2D eigenvalue weighted by molar-refractivity contribution is 5.95. The fraction of sp³-hybridized carbons (Fsp3) is 0.286. The van der Waals surface area contributed by atoms with Crippen molar-refractivity contribution < 1.29 is 23.5 Å². The summed E-state index contributed by atoms with van der Waals surface area (Å²) in [6, 6.07) is 12.9. The Kier molecular flexibility index (Phi) is 7.68. The number of halogens is 1. The number of anilines is 1. The predicted molar refractivity (Wildman–Crippen MR) is 104 cm³/mol. The zero-order valence-electron chi connectivity index (χ0n) is 15.9. The Hall–Kier alpha value is -3.22. The van der Waals surface area contributed by atoms with Crippen molar-refractivity contribution in [2.24, 2.45) is 0 Å². The first-order chi connectivity index (χ1) is 13.4. The average molecular weight is 386 g/mol. The second-order valence-electron chi connectivity index (χ2n) is 6.15. The van der Waals surface area contributed by atoms with Crippen LogP contribution in [-0.4, -0.2) is 38.0 Å². The number of carbonyl (C=O) groups excluding carboxylic acids is 3. The summed E-state index contributed by atoms with van der Waals surface area (Å²) in [6.07, 6.45) is 0.468. The molecule has 6 nitrogen and oxygen atoms in total. The van der Waals surface area contributed by atoms with Crippen LogP contribution in [0.15, 0.2) is 48.5 Å². The zero-order chi connectivity index (χ0) is 20.5. The third-order valence-electron chi connectivity index (χ3n) is 4.20. The monoisotopic (exact) mass is 386 g/mol. The highest BCUT2D eigenvalue weighted by Crippen LogP contribution is 2.17. The van der Waals surface area contributed by atoms with E-state index in [1.54, 1.807) is 42.5 Å². The van der Waals surface area contributed by atoms with Crippen LogP contribution in [0.25, 0.3) is 0 Å². The van der Waals surface area contributed by atoms with E-state index in [1.165, 1.54) is 25.0 Å². The minimum Gasteiger partial charge on any atom is -0.465 e. The van der Waals surface area contributed by atoms with E-state index in [0.717, 1.165) is 0 Å². The van der Waals surface area contributed by atoms with Crippen molar-refractivity contribution in [3.05, 3.63) is 65.5 Å². The van der Waals surface area contributed by atoms with Crippen LogP contribution in [0.5, 0.6) is 0 Å². The maximum atomic E-state index is 13.6. The van der Waals surface area contributed by atoms with Crippen LogP contribution in [0.1, 0.15) is 29.3 Å². The van der Waals surface area contributed by atoms with Gasteiger partial charge in [0, 0.05) is 32.1 Å². The Morgan fingerprint density at radius 1 is 1.11 bits per heavy atom. The van der Waals surface area contributed by atoms with Crippen LogP contribution in [0, 0.1) is 5.82 Å². The summed E-state index contributed by atoms with van der Waals surface area (Å²) in [5.41, 5.74) is 1.36. The van der Waals surface area contributed by atoms with Gasteiger partial charge in [-0.1, -0.05) is 24.3 Å². The lowest BCUT2D eigenvalue weighted by Gasteiger charge is -2.21. The topological polar surface area (TPSA) is 75.7 Å². The van der Waals surface area contributed by atoms with Gasteiger partial charge in [-0.25, -0.2) is 9.18 Å². The Bertz CT molecular complexity index is 854. The van der Waals surface area contributed by atoms with Crippen molar-refractivity contribution >= 4 is 23.5 Å². The molecule has 0 aliphatic heterocycles. The predicted octanol–water partition coefficient (Wildman–Crippen LogP) is 2.71. The van der Waals surface area contributed by atoms with Crippen LogP contribution in [0.4, 0.5) is 10.1 Å². The maximum Gasteiger partial charge on any atom is 0.337 e. The quantitative estimate of drug-likeness (QED) is 0.708. The Morgan fingerprint density at radius 3 is 2.54 bits per heavy atom. The molecule has 2 aromatic carbocycles. The Morgan fingerprint density at radius 2 is 1.86 bits per heavy atom. The van der Waals surface area contributed by atoms with E-state index >= 15 is 0 Å². The molecule has 28 heavy (non-hydrogen) atoms. The lowest BCUT2D eigenvalue weighted by Crippen LogP contribution is -2.34. The molecule has 0 aliphatic carbocycles. The molecule has 0 atom stereocenters. The number of hydrogen-bond donors (Lipinski definition) is 1. The Balaban J connectivity index is 1.91. The van der Waals surface area contributed by atoms with Gasteiger partial charge in [0.1, 0.15) is 5.82 Å². The summed E-state index contributed by atoms with van der Waals surface area (Å²) in [6.45, 7) is 1.85. The van der Waals surface area contributed by atoms with Gasteiger partial charge in [-0.3, -0.25) is 9.59 Å². The van der Waals surface area contributed by atoms with Gasteiger partial charge >= 0.3 is 5.97 Å². The number of methoxy groups -OCH3 is 1. The van der Waals surface area contributed by atoms with E-state index in [1.807, 2.05) is 0 Å². The van der Waals surface area contributed by atoms with Crippen molar-refractivity contribution in [3.8, 4) is 0 Å². The molecule has 1 N–H and O–H groups in total. The molecule has 2 amide bonds. The van der Waals surface area contributed by atoms with Crippen molar-refractivity contribution in [1.82, 2.24) is 5.32 Å². The number of nitrogens with one attached hydrogen (secondary N) is 1. The molecule has 0 radical (unpaired) electrons. The summed E-state index contributed by atoms with van der Waals surface area (Å²) in [5.74, 6) is -1.30. The second-order valence-corrected chi connectivity index (χ2v) is 6.15. The number of esters is 1. The van der Waals surface area contributed by atoms with Gasteiger partial charge in [-0.05, 0) is 36.2 Å². The summed E-state index contributed by atoms with van der Waals surface area (Å²) >= 11 is 0. The third-order valence-corrected chi connectivity index (χ3v) is 4.20. The number of ether oxygens (including phenoxy) is 1. The number of amides is 2.